The summed E-state index contributed by atoms with van der Waals surface area (Å²) in [6.07, 6.45) is 0.997. The summed E-state index contributed by atoms with van der Waals surface area (Å²) in [4.78, 5) is 12.4. The molecule has 0 fully saturated rings. The van der Waals surface area contributed by atoms with Crippen molar-refractivity contribution in [3.8, 4) is 0 Å². The van der Waals surface area contributed by atoms with Crippen LogP contribution in [0.1, 0.15) is 37.9 Å². The second-order valence-corrected chi connectivity index (χ2v) is 6.43. The van der Waals surface area contributed by atoms with Crippen LogP contribution in [0.4, 0.5) is 0 Å². The first-order valence-electron chi connectivity index (χ1n) is 7.01. The average Bonchev–Trinajstić information content (AvgIpc) is 2.93. The molecule has 2 N–H and O–H groups in total. The van der Waals surface area contributed by atoms with E-state index in [-0.39, 0.29) is 0 Å². The van der Waals surface area contributed by atoms with Crippen molar-refractivity contribution in [3.63, 3.8) is 0 Å². The van der Waals surface area contributed by atoms with Crippen LogP contribution in [0.3, 0.4) is 0 Å². The Morgan fingerprint density at radius 1 is 1.38 bits per heavy atom. The van der Waals surface area contributed by atoms with E-state index in [2.05, 4.69) is 23.4 Å². The van der Waals surface area contributed by atoms with Crippen molar-refractivity contribution in [2.24, 2.45) is 0 Å². The molecule has 0 amide bonds. The van der Waals surface area contributed by atoms with Crippen LogP contribution in [-0.4, -0.2) is 27.4 Å². The standard InChI is InChI=1S/C15H21N3O2S/c1-10-7-11(2)18(17-10)6-4-5-16-9-13-8-14(15(19)20)21-12(13)3/h7-8,16H,4-6,9H2,1-3H3,(H,19,20). The lowest BCUT2D eigenvalue weighted by Crippen LogP contribution is -2.17. The third kappa shape index (κ3) is 4.15. The van der Waals surface area contributed by atoms with Crippen molar-refractivity contribution >= 4 is 17.3 Å². The Morgan fingerprint density at radius 3 is 2.71 bits per heavy atom. The average molecular weight is 307 g/mol. The third-order valence-electron chi connectivity index (χ3n) is 3.37. The zero-order valence-electron chi connectivity index (χ0n) is 12.6. The molecule has 0 atom stereocenters. The minimum atomic E-state index is -0.848. The monoisotopic (exact) mass is 307 g/mol. The fraction of sp³-hybridized carbons (Fsp3) is 0.467. The van der Waals surface area contributed by atoms with Crippen LogP contribution in [0.5, 0.6) is 0 Å². The molecule has 0 aliphatic rings. The van der Waals surface area contributed by atoms with Crippen LogP contribution in [0.15, 0.2) is 12.1 Å². The molecule has 0 unspecified atom stereocenters. The molecule has 0 aromatic carbocycles. The number of aromatic carboxylic acids is 1. The maximum Gasteiger partial charge on any atom is 0.345 e. The highest BCUT2D eigenvalue weighted by Crippen LogP contribution is 2.21. The van der Waals surface area contributed by atoms with Gasteiger partial charge in [0.25, 0.3) is 0 Å². The summed E-state index contributed by atoms with van der Waals surface area (Å²) in [5, 5.41) is 16.8. The van der Waals surface area contributed by atoms with E-state index in [1.165, 1.54) is 17.0 Å². The molecule has 21 heavy (non-hydrogen) atoms. The summed E-state index contributed by atoms with van der Waals surface area (Å²) in [5.74, 6) is -0.848. The summed E-state index contributed by atoms with van der Waals surface area (Å²) < 4.78 is 2.02. The van der Waals surface area contributed by atoms with Crippen LogP contribution >= 0.6 is 11.3 Å². The highest BCUT2D eigenvalue weighted by atomic mass is 32.1. The fourth-order valence-electron chi connectivity index (χ4n) is 2.28. The zero-order valence-corrected chi connectivity index (χ0v) is 13.5. The van der Waals surface area contributed by atoms with Crippen molar-refractivity contribution in [1.29, 1.82) is 0 Å². The van der Waals surface area contributed by atoms with Crippen molar-refractivity contribution in [2.45, 2.75) is 40.3 Å². The van der Waals surface area contributed by atoms with Gasteiger partial charge in [0, 0.05) is 23.7 Å². The van der Waals surface area contributed by atoms with Crippen LogP contribution in [0, 0.1) is 20.8 Å². The number of nitrogens with one attached hydrogen (secondary N) is 1. The lowest BCUT2D eigenvalue weighted by molar-refractivity contribution is 0.0702. The topological polar surface area (TPSA) is 67.2 Å². The molecular formula is C15H21N3O2S. The van der Waals surface area contributed by atoms with E-state index < -0.39 is 5.97 Å². The number of rotatable bonds is 7. The fourth-order valence-corrected chi connectivity index (χ4v) is 3.16. The molecule has 114 valence electrons. The highest BCUT2D eigenvalue weighted by Gasteiger charge is 2.10. The molecule has 2 heterocycles. The molecule has 0 saturated carbocycles. The second-order valence-electron chi connectivity index (χ2n) is 5.18. The summed E-state index contributed by atoms with van der Waals surface area (Å²) in [6, 6.07) is 3.84. The van der Waals surface area contributed by atoms with Crippen molar-refractivity contribution in [1.82, 2.24) is 15.1 Å². The van der Waals surface area contributed by atoms with Gasteiger partial charge in [0.2, 0.25) is 0 Å². The largest absolute Gasteiger partial charge is 0.477 e. The van der Waals surface area contributed by atoms with E-state index in [1.54, 1.807) is 6.07 Å². The number of aromatic nitrogens is 2. The number of carbonyl (C=O) groups is 1. The number of hydrogen-bond acceptors (Lipinski definition) is 4. The SMILES string of the molecule is Cc1cc(C)n(CCCNCc2cc(C(=O)O)sc2C)n1. The first-order chi connectivity index (χ1) is 9.97. The van der Waals surface area contributed by atoms with E-state index >= 15 is 0 Å². The first-order valence-corrected chi connectivity index (χ1v) is 7.83. The molecule has 0 aliphatic heterocycles. The number of aryl methyl sites for hydroxylation is 4. The smallest absolute Gasteiger partial charge is 0.345 e. The van der Waals surface area contributed by atoms with Crippen LogP contribution in [0.2, 0.25) is 0 Å². The van der Waals surface area contributed by atoms with E-state index in [4.69, 9.17) is 5.11 Å². The zero-order chi connectivity index (χ0) is 15.4. The molecular weight excluding hydrogens is 286 g/mol. The third-order valence-corrected chi connectivity index (χ3v) is 4.45. The highest BCUT2D eigenvalue weighted by molar-refractivity contribution is 7.14. The predicted octanol–water partition coefficient (Wildman–Crippen LogP) is 2.75. The maximum atomic E-state index is 10.9. The number of nitrogens with zero attached hydrogens (tertiary/aromatic N) is 2. The van der Waals surface area contributed by atoms with E-state index in [0.29, 0.717) is 11.4 Å². The number of hydrogen-bond donors (Lipinski definition) is 2. The normalized spacial score (nSPS) is 11.0. The van der Waals surface area contributed by atoms with Gasteiger partial charge < -0.3 is 10.4 Å². The molecule has 0 spiro atoms. The minimum absolute atomic E-state index is 0.409. The second kappa shape index (κ2) is 6.87. The molecule has 0 radical (unpaired) electrons. The van der Waals surface area contributed by atoms with E-state index in [0.717, 1.165) is 35.6 Å². The Morgan fingerprint density at radius 2 is 2.14 bits per heavy atom. The lowest BCUT2D eigenvalue weighted by atomic mass is 10.2. The Kier molecular flexibility index (Phi) is 5.14. The van der Waals surface area contributed by atoms with Gasteiger partial charge >= 0.3 is 5.97 Å². The van der Waals surface area contributed by atoms with Gasteiger partial charge in [-0.15, -0.1) is 11.3 Å². The van der Waals surface area contributed by atoms with Crippen LogP contribution in [-0.2, 0) is 13.1 Å². The van der Waals surface area contributed by atoms with Crippen LogP contribution < -0.4 is 5.32 Å². The number of thiophene rings is 1. The van der Waals surface area contributed by atoms with Gasteiger partial charge in [0.15, 0.2) is 0 Å². The van der Waals surface area contributed by atoms with Gasteiger partial charge in [-0.05, 0) is 51.4 Å². The number of carboxylic acid groups (broad SMARTS) is 1. The first kappa shape index (κ1) is 15.7. The van der Waals surface area contributed by atoms with Crippen molar-refractivity contribution < 1.29 is 9.90 Å². The summed E-state index contributed by atoms with van der Waals surface area (Å²) >= 11 is 1.33. The summed E-state index contributed by atoms with van der Waals surface area (Å²) in [6.45, 7) is 8.53. The van der Waals surface area contributed by atoms with Gasteiger partial charge in [-0.2, -0.15) is 5.10 Å². The molecule has 5 nitrogen and oxygen atoms in total. The Labute approximate surface area is 128 Å². The van der Waals surface area contributed by atoms with Gasteiger partial charge in [0.05, 0.1) is 5.69 Å². The number of carboxylic acids is 1. The lowest BCUT2D eigenvalue weighted by Gasteiger charge is -2.06. The van der Waals surface area contributed by atoms with E-state index in [9.17, 15) is 4.79 Å². The summed E-state index contributed by atoms with van der Waals surface area (Å²) in [5.41, 5.74) is 3.31. The van der Waals surface area contributed by atoms with Crippen molar-refractivity contribution in [3.05, 3.63) is 38.8 Å². The Hall–Kier alpha value is -1.66. The minimum Gasteiger partial charge on any atom is -0.477 e. The van der Waals surface area contributed by atoms with Gasteiger partial charge in [-0.3, -0.25) is 4.68 Å². The van der Waals surface area contributed by atoms with Crippen molar-refractivity contribution in [2.75, 3.05) is 6.54 Å². The maximum absolute atomic E-state index is 10.9. The molecule has 2 rings (SSSR count). The molecule has 2 aromatic rings. The molecule has 0 saturated heterocycles. The molecule has 0 bridgehead atoms. The Bertz CT molecular complexity index is 631. The van der Waals surface area contributed by atoms with E-state index in [1.807, 2.05) is 18.5 Å². The van der Waals surface area contributed by atoms with Crippen LogP contribution in [0.25, 0.3) is 0 Å². The van der Waals surface area contributed by atoms with Gasteiger partial charge in [0.1, 0.15) is 4.88 Å². The predicted molar refractivity (Wildman–Crippen MR) is 84.0 cm³/mol. The molecule has 6 heteroatoms. The quantitative estimate of drug-likeness (QED) is 0.772. The molecule has 0 aliphatic carbocycles. The Balaban J connectivity index is 1.75. The van der Waals surface area contributed by atoms with Gasteiger partial charge in [-0.1, -0.05) is 0 Å². The molecule has 2 aromatic heterocycles. The summed E-state index contributed by atoms with van der Waals surface area (Å²) in [7, 11) is 0. The van der Waals surface area contributed by atoms with Gasteiger partial charge in [-0.25, -0.2) is 4.79 Å².